The maximum atomic E-state index is 13.3. The summed E-state index contributed by atoms with van der Waals surface area (Å²) in [4.78, 5) is 22.4. The molecule has 126 valence electrons. The normalized spacial score (nSPS) is 13.1. The summed E-state index contributed by atoms with van der Waals surface area (Å²) in [6, 6.07) is 11.2. The van der Waals surface area contributed by atoms with E-state index < -0.39 is 34.5 Å². The molecule has 0 heterocycles. The number of benzene rings is 2. The van der Waals surface area contributed by atoms with E-state index in [0.717, 1.165) is 18.2 Å². The molecule has 0 saturated carbocycles. The summed E-state index contributed by atoms with van der Waals surface area (Å²) in [7, 11) is 0. The SMILES string of the molecule is C[C@H](C[C@H](O)c1ccccc1)NC(=O)c1cc(F)ccc1[N+](=O)[O-]. The van der Waals surface area contributed by atoms with E-state index in [1.165, 1.54) is 0 Å². The molecule has 0 fully saturated rings. The molecule has 0 aliphatic rings. The largest absolute Gasteiger partial charge is 0.388 e. The van der Waals surface area contributed by atoms with Crippen LogP contribution in [0.25, 0.3) is 0 Å². The molecule has 0 bridgehead atoms. The van der Waals surface area contributed by atoms with Crippen LogP contribution in [0.2, 0.25) is 0 Å². The number of nitro groups is 1. The van der Waals surface area contributed by atoms with E-state index in [4.69, 9.17) is 0 Å². The second-order valence-electron chi connectivity index (χ2n) is 5.46. The minimum absolute atomic E-state index is 0.221. The van der Waals surface area contributed by atoms with Crippen LogP contribution in [0.3, 0.4) is 0 Å². The fourth-order valence-electron chi connectivity index (χ4n) is 2.36. The molecule has 7 heteroatoms. The minimum Gasteiger partial charge on any atom is -0.388 e. The van der Waals surface area contributed by atoms with Crippen molar-refractivity contribution in [2.24, 2.45) is 0 Å². The lowest BCUT2D eigenvalue weighted by Crippen LogP contribution is -2.34. The number of nitrogens with zero attached hydrogens (tertiary/aromatic N) is 1. The van der Waals surface area contributed by atoms with Gasteiger partial charge in [0, 0.05) is 12.1 Å². The molecule has 0 aliphatic heterocycles. The second-order valence-corrected chi connectivity index (χ2v) is 5.46. The van der Waals surface area contributed by atoms with Crippen LogP contribution in [-0.2, 0) is 0 Å². The van der Waals surface area contributed by atoms with Crippen molar-refractivity contribution in [3.05, 3.63) is 75.6 Å². The van der Waals surface area contributed by atoms with Crippen LogP contribution in [0.15, 0.2) is 48.5 Å². The molecule has 2 atom stereocenters. The highest BCUT2D eigenvalue weighted by atomic mass is 19.1. The van der Waals surface area contributed by atoms with Gasteiger partial charge in [-0.05, 0) is 31.0 Å². The monoisotopic (exact) mass is 332 g/mol. The van der Waals surface area contributed by atoms with Crippen molar-refractivity contribution in [3.63, 3.8) is 0 Å². The molecular weight excluding hydrogens is 315 g/mol. The first-order valence-electron chi connectivity index (χ1n) is 7.36. The highest BCUT2D eigenvalue weighted by molar-refractivity contribution is 5.98. The average molecular weight is 332 g/mol. The van der Waals surface area contributed by atoms with Gasteiger partial charge in [0.05, 0.1) is 11.0 Å². The first-order valence-corrected chi connectivity index (χ1v) is 7.36. The zero-order chi connectivity index (χ0) is 17.7. The van der Waals surface area contributed by atoms with Crippen molar-refractivity contribution in [2.75, 3.05) is 0 Å². The number of hydrogen-bond acceptors (Lipinski definition) is 4. The van der Waals surface area contributed by atoms with Crippen molar-refractivity contribution in [3.8, 4) is 0 Å². The number of hydrogen-bond donors (Lipinski definition) is 2. The first kappa shape index (κ1) is 17.6. The van der Waals surface area contributed by atoms with Crippen molar-refractivity contribution < 1.29 is 19.2 Å². The van der Waals surface area contributed by atoms with E-state index in [-0.39, 0.29) is 12.0 Å². The summed E-state index contributed by atoms with van der Waals surface area (Å²) >= 11 is 0. The van der Waals surface area contributed by atoms with Crippen LogP contribution in [0.5, 0.6) is 0 Å². The lowest BCUT2D eigenvalue weighted by Gasteiger charge is -2.18. The molecule has 2 N–H and O–H groups in total. The van der Waals surface area contributed by atoms with E-state index in [2.05, 4.69) is 5.32 Å². The van der Waals surface area contributed by atoms with Gasteiger partial charge in [-0.15, -0.1) is 0 Å². The van der Waals surface area contributed by atoms with Crippen molar-refractivity contribution in [1.29, 1.82) is 0 Å². The van der Waals surface area contributed by atoms with E-state index in [0.29, 0.717) is 5.56 Å². The fourth-order valence-corrected chi connectivity index (χ4v) is 2.36. The van der Waals surface area contributed by atoms with Crippen molar-refractivity contribution >= 4 is 11.6 Å². The number of rotatable bonds is 6. The van der Waals surface area contributed by atoms with Gasteiger partial charge >= 0.3 is 0 Å². The first-order chi connectivity index (χ1) is 11.4. The lowest BCUT2D eigenvalue weighted by molar-refractivity contribution is -0.385. The van der Waals surface area contributed by atoms with Gasteiger partial charge < -0.3 is 10.4 Å². The Bertz CT molecular complexity index is 737. The topological polar surface area (TPSA) is 92.5 Å². The Balaban J connectivity index is 2.07. The standard InChI is InChI=1S/C17H17FN2O4/c1-11(9-16(21)12-5-3-2-4-6-12)19-17(22)14-10-13(18)7-8-15(14)20(23)24/h2-8,10-11,16,21H,9H2,1H3,(H,19,22)/t11-,16+/m1/s1. The van der Waals surface area contributed by atoms with Crippen LogP contribution in [0, 0.1) is 15.9 Å². The third-order valence-electron chi connectivity index (χ3n) is 3.54. The third-order valence-corrected chi connectivity index (χ3v) is 3.54. The number of carbonyl (C=O) groups is 1. The Morgan fingerprint density at radius 3 is 2.58 bits per heavy atom. The number of nitro benzene ring substituents is 1. The molecule has 0 aromatic heterocycles. The summed E-state index contributed by atoms with van der Waals surface area (Å²) in [6.07, 6.45) is -0.567. The third kappa shape index (κ3) is 4.36. The molecule has 2 aromatic rings. The summed E-state index contributed by atoms with van der Waals surface area (Å²) < 4.78 is 13.3. The molecule has 2 rings (SSSR count). The summed E-state index contributed by atoms with van der Waals surface area (Å²) in [5.41, 5.74) is -0.110. The van der Waals surface area contributed by atoms with Gasteiger partial charge in [-0.1, -0.05) is 30.3 Å². The molecule has 1 amide bonds. The van der Waals surface area contributed by atoms with E-state index in [1.807, 2.05) is 6.07 Å². The van der Waals surface area contributed by atoms with Gasteiger partial charge in [-0.3, -0.25) is 14.9 Å². The minimum atomic E-state index is -0.788. The maximum absolute atomic E-state index is 13.3. The van der Waals surface area contributed by atoms with E-state index in [1.54, 1.807) is 31.2 Å². The molecule has 0 saturated heterocycles. The van der Waals surface area contributed by atoms with Crippen LogP contribution in [-0.4, -0.2) is 22.0 Å². The number of aliphatic hydroxyl groups is 1. The molecule has 0 radical (unpaired) electrons. The zero-order valence-corrected chi connectivity index (χ0v) is 13.0. The molecule has 6 nitrogen and oxygen atoms in total. The zero-order valence-electron chi connectivity index (χ0n) is 13.0. The molecule has 0 aliphatic carbocycles. The fraction of sp³-hybridized carbons (Fsp3) is 0.235. The number of carbonyl (C=O) groups excluding carboxylic acids is 1. The number of halogens is 1. The Morgan fingerprint density at radius 1 is 1.29 bits per heavy atom. The van der Waals surface area contributed by atoms with Gasteiger partial charge in [-0.2, -0.15) is 0 Å². The molecule has 24 heavy (non-hydrogen) atoms. The van der Waals surface area contributed by atoms with Crippen LogP contribution >= 0.6 is 0 Å². The Morgan fingerprint density at radius 2 is 1.96 bits per heavy atom. The van der Waals surface area contributed by atoms with Crippen LogP contribution in [0.1, 0.15) is 35.4 Å². The Kier molecular flexibility index (Phi) is 5.59. The van der Waals surface area contributed by atoms with Crippen LogP contribution < -0.4 is 5.32 Å². The van der Waals surface area contributed by atoms with Crippen LogP contribution in [0.4, 0.5) is 10.1 Å². The van der Waals surface area contributed by atoms with E-state index in [9.17, 15) is 24.4 Å². The smallest absolute Gasteiger partial charge is 0.282 e. The summed E-state index contributed by atoms with van der Waals surface area (Å²) in [6.45, 7) is 1.66. The summed E-state index contributed by atoms with van der Waals surface area (Å²) in [5.74, 6) is -1.49. The predicted octanol–water partition coefficient (Wildman–Crippen LogP) is 2.98. The predicted molar refractivity (Wildman–Crippen MR) is 86.0 cm³/mol. The summed E-state index contributed by atoms with van der Waals surface area (Å²) in [5, 5.41) is 23.6. The molecule has 0 spiro atoms. The average Bonchev–Trinajstić information content (AvgIpc) is 2.55. The number of nitrogens with one attached hydrogen (secondary N) is 1. The van der Waals surface area contributed by atoms with E-state index >= 15 is 0 Å². The second kappa shape index (κ2) is 7.65. The lowest BCUT2D eigenvalue weighted by atomic mass is 10.0. The number of amides is 1. The number of aliphatic hydroxyl groups excluding tert-OH is 1. The molecule has 0 unspecified atom stereocenters. The maximum Gasteiger partial charge on any atom is 0.282 e. The van der Waals surface area contributed by atoms with Gasteiger partial charge in [0.2, 0.25) is 0 Å². The van der Waals surface area contributed by atoms with Gasteiger partial charge in [0.1, 0.15) is 11.4 Å². The Hall–Kier alpha value is -2.80. The Labute approximate surface area is 138 Å². The van der Waals surface area contributed by atoms with Gasteiger partial charge in [-0.25, -0.2) is 4.39 Å². The highest BCUT2D eigenvalue weighted by Crippen LogP contribution is 2.21. The quantitative estimate of drug-likeness (QED) is 0.628. The van der Waals surface area contributed by atoms with Gasteiger partial charge in [0.15, 0.2) is 0 Å². The van der Waals surface area contributed by atoms with Crippen molar-refractivity contribution in [1.82, 2.24) is 5.32 Å². The molecular formula is C17H17FN2O4. The van der Waals surface area contributed by atoms with Crippen molar-refractivity contribution in [2.45, 2.75) is 25.5 Å². The molecule has 2 aromatic carbocycles. The van der Waals surface area contributed by atoms with Gasteiger partial charge in [0.25, 0.3) is 11.6 Å². The highest BCUT2D eigenvalue weighted by Gasteiger charge is 2.23.